The minimum atomic E-state index is 0.177. The molecule has 1 aliphatic rings. The maximum absolute atomic E-state index is 11.7. The third-order valence-corrected chi connectivity index (χ3v) is 3.49. The van der Waals surface area contributed by atoms with Crippen LogP contribution in [-0.4, -0.2) is 45.2 Å². The van der Waals surface area contributed by atoms with Crippen LogP contribution in [0.4, 0.5) is 5.82 Å². The van der Waals surface area contributed by atoms with Gasteiger partial charge in [-0.2, -0.15) is 0 Å². The van der Waals surface area contributed by atoms with E-state index < -0.39 is 0 Å². The smallest absolute Gasteiger partial charge is 0.275 e. The number of aromatic amines is 1. The Morgan fingerprint density at radius 1 is 1.42 bits per heavy atom. The van der Waals surface area contributed by atoms with Crippen LogP contribution in [0.1, 0.15) is 13.3 Å². The fraction of sp³-hybridized carbons (Fsp3) is 0.571. The summed E-state index contributed by atoms with van der Waals surface area (Å²) in [6.07, 6.45) is 2.95. The largest absolute Gasteiger partial charge is 0.351 e. The molecule has 0 saturated carbocycles. The molecule has 1 fully saturated rings. The average Bonchev–Trinajstić information content (AvgIpc) is 2.47. The molecule has 0 atom stereocenters. The molecule has 1 amide bonds. The number of hydrogen-bond acceptors (Lipinski definition) is 2. The number of quaternary nitrogens is 1. The molecule has 19 heavy (non-hydrogen) atoms. The summed E-state index contributed by atoms with van der Waals surface area (Å²) in [5.41, 5.74) is 0. The van der Waals surface area contributed by atoms with Gasteiger partial charge >= 0.3 is 0 Å². The van der Waals surface area contributed by atoms with E-state index in [0.717, 1.165) is 45.0 Å². The molecule has 104 valence electrons. The average molecular weight is 264 g/mol. The van der Waals surface area contributed by atoms with Crippen molar-refractivity contribution in [1.82, 2.24) is 5.32 Å². The van der Waals surface area contributed by atoms with Crippen molar-refractivity contribution in [3.05, 3.63) is 24.4 Å². The highest BCUT2D eigenvalue weighted by atomic mass is 16.2. The van der Waals surface area contributed by atoms with Crippen molar-refractivity contribution in [3.8, 4) is 0 Å². The third kappa shape index (κ3) is 4.21. The van der Waals surface area contributed by atoms with Gasteiger partial charge in [0.15, 0.2) is 6.54 Å². The van der Waals surface area contributed by atoms with Crippen LogP contribution in [-0.2, 0) is 4.79 Å². The van der Waals surface area contributed by atoms with Crippen molar-refractivity contribution < 1.29 is 14.7 Å². The first-order valence-corrected chi connectivity index (χ1v) is 7.11. The predicted molar refractivity (Wildman–Crippen MR) is 74.1 cm³/mol. The Balaban J connectivity index is 1.75. The van der Waals surface area contributed by atoms with Crippen LogP contribution in [0.3, 0.4) is 0 Å². The topological polar surface area (TPSA) is 50.9 Å². The molecule has 0 aliphatic carbocycles. The maximum atomic E-state index is 11.7. The Morgan fingerprint density at radius 2 is 2.21 bits per heavy atom. The van der Waals surface area contributed by atoms with E-state index in [0.29, 0.717) is 6.54 Å². The molecule has 1 aromatic rings. The van der Waals surface area contributed by atoms with Crippen molar-refractivity contribution in [2.45, 2.75) is 13.3 Å². The van der Waals surface area contributed by atoms with Gasteiger partial charge in [0.2, 0.25) is 0 Å². The zero-order chi connectivity index (χ0) is 13.5. The van der Waals surface area contributed by atoms with E-state index in [1.54, 1.807) is 0 Å². The fourth-order valence-electron chi connectivity index (χ4n) is 2.38. The molecule has 5 nitrogen and oxygen atoms in total. The number of nitrogens with zero attached hydrogens (tertiary/aromatic N) is 1. The highest BCUT2D eigenvalue weighted by Crippen LogP contribution is 2.04. The number of carbonyl (C=O) groups excluding carboxylic acids is 1. The zero-order valence-electron chi connectivity index (χ0n) is 11.6. The fourth-order valence-corrected chi connectivity index (χ4v) is 2.38. The number of piperazine rings is 1. The van der Waals surface area contributed by atoms with Gasteiger partial charge < -0.3 is 10.2 Å². The molecule has 0 bridgehead atoms. The van der Waals surface area contributed by atoms with Crippen LogP contribution in [0.5, 0.6) is 0 Å². The Labute approximate surface area is 114 Å². The molecule has 0 aromatic carbocycles. The van der Waals surface area contributed by atoms with Gasteiger partial charge in [0, 0.05) is 12.6 Å². The van der Waals surface area contributed by atoms with E-state index in [-0.39, 0.29) is 5.91 Å². The van der Waals surface area contributed by atoms with E-state index >= 15 is 0 Å². The summed E-state index contributed by atoms with van der Waals surface area (Å²) in [4.78, 5) is 18.6. The van der Waals surface area contributed by atoms with Gasteiger partial charge in [-0.05, 0) is 12.5 Å². The van der Waals surface area contributed by atoms with Gasteiger partial charge in [-0.15, -0.1) is 0 Å². The highest BCUT2D eigenvalue weighted by Gasteiger charge is 2.26. The quantitative estimate of drug-likeness (QED) is 0.697. The minimum absolute atomic E-state index is 0.177. The van der Waals surface area contributed by atoms with Crippen LogP contribution < -0.4 is 20.1 Å². The summed E-state index contributed by atoms with van der Waals surface area (Å²) in [6.45, 7) is 7.49. The molecule has 2 rings (SSSR count). The lowest BCUT2D eigenvalue weighted by atomic mass is 10.3. The molecule has 0 unspecified atom stereocenters. The van der Waals surface area contributed by atoms with Gasteiger partial charge in [0.1, 0.15) is 26.2 Å². The van der Waals surface area contributed by atoms with Gasteiger partial charge in [0.25, 0.3) is 11.7 Å². The monoisotopic (exact) mass is 264 g/mol. The number of carbonyl (C=O) groups is 1. The van der Waals surface area contributed by atoms with E-state index in [9.17, 15) is 4.79 Å². The van der Waals surface area contributed by atoms with Crippen LogP contribution in [0.15, 0.2) is 24.4 Å². The lowest BCUT2D eigenvalue weighted by Crippen LogP contribution is -3.16. The van der Waals surface area contributed by atoms with Gasteiger partial charge in [-0.25, -0.2) is 4.98 Å². The van der Waals surface area contributed by atoms with Crippen LogP contribution >= 0.6 is 0 Å². The van der Waals surface area contributed by atoms with E-state index in [1.165, 1.54) is 4.90 Å². The van der Waals surface area contributed by atoms with Gasteiger partial charge in [-0.1, -0.05) is 13.0 Å². The van der Waals surface area contributed by atoms with Crippen molar-refractivity contribution >= 4 is 11.7 Å². The van der Waals surface area contributed by atoms with Gasteiger partial charge in [0.05, 0.1) is 6.20 Å². The number of amides is 1. The van der Waals surface area contributed by atoms with Crippen molar-refractivity contribution in [2.75, 3.05) is 44.2 Å². The molecule has 1 aromatic heterocycles. The number of rotatable bonds is 5. The lowest BCUT2D eigenvalue weighted by Gasteiger charge is -2.27. The molecule has 0 radical (unpaired) electrons. The number of pyridine rings is 1. The van der Waals surface area contributed by atoms with Gasteiger partial charge in [-0.3, -0.25) is 9.69 Å². The predicted octanol–water partition coefficient (Wildman–Crippen LogP) is -1.27. The molecule has 5 heteroatoms. The Hall–Kier alpha value is -1.62. The van der Waals surface area contributed by atoms with Crippen LogP contribution in [0.2, 0.25) is 0 Å². The summed E-state index contributed by atoms with van der Waals surface area (Å²) in [5.74, 6) is 1.34. The summed E-state index contributed by atoms with van der Waals surface area (Å²) < 4.78 is 0. The van der Waals surface area contributed by atoms with Crippen molar-refractivity contribution in [2.24, 2.45) is 0 Å². The first-order valence-electron chi connectivity index (χ1n) is 7.11. The number of hydrogen-bond donors (Lipinski definition) is 2. The maximum Gasteiger partial charge on any atom is 0.275 e. The second kappa shape index (κ2) is 7.09. The molecule has 1 aliphatic heterocycles. The summed E-state index contributed by atoms with van der Waals surface area (Å²) >= 11 is 0. The number of nitrogens with one attached hydrogen (secondary N) is 3. The highest BCUT2D eigenvalue weighted by molar-refractivity contribution is 5.76. The Bertz CT molecular complexity index is 388. The summed E-state index contributed by atoms with van der Waals surface area (Å²) in [5, 5.41) is 2.94. The number of H-pyrrole nitrogens is 1. The number of anilines is 1. The third-order valence-electron chi connectivity index (χ3n) is 3.49. The summed E-state index contributed by atoms with van der Waals surface area (Å²) in [7, 11) is 0. The van der Waals surface area contributed by atoms with E-state index in [2.05, 4.69) is 28.2 Å². The van der Waals surface area contributed by atoms with Crippen molar-refractivity contribution in [3.63, 3.8) is 0 Å². The molecule has 0 spiro atoms. The standard InChI is InChI=1S/C14H22N4O/c1-2-6-16-14(19)12-17-8-10-18(11-9-17)13-5-3-4-7-15-13/h3-5,7H,2,6,8-12H2,1H3,(H,16,19)/p+2. The zero-order valence-corrected chi connectivity index (χ0v) is 11.6. The SMILES string of the molecule is CCCNC(=O)C[NH+]1CCN(c2cccc[nH+]2)CC1. The second-order valence-corrected chi connectivity index (χ2v) is 5.01. The Morgan fingerprint density at radius 3 is 2.84 bits per heavy atom. The minimum Gasteiger partial charge on any atom is -0.351 e. The molecule has 2 heterocycles. The molecular formula is C14H24N4O+2. The normalized spacial score (nSPS) is 16.4. The second-order valence-electron chi connectivity index (χ2n) is 5.01. The summed E-state index contributed by atoms with van der Waals surface area (Å²) in [6, 6.07) is 6.13. The molecule has 3 N–H and O–H groups in total. The van der Waals surface area contributed by atoms with E-state index in [1.807, 2.05) is 18.3 Å². The Kier molecular flexibility index (Phi) is 5.15. The van der Waals surface area contributed by atoms with Crippen molar-refractivity contribution in [1.29, 1.82) is 0 Å². The van der Waals surface area contributed by atoms with Crippen LogP contribution in [0, 0.1) is 0 Å². The molecule has 1 saturated heterocycles. The van der Waals surface area contributed by atoms with E-state index in [4.69, 9.17) is 0 Å². The molecular weight excluding hydrogens is 240 g/mol. The lowest BCUT2D eigenvalue weighted by molar-refractivity contribution is -0.892. The number of aromatic nitrogens is 1. The van der Waals surface area contributed by atoms with Crippen LogP contribution in [0.25, 0.3) is 0 Å². The first kappa shape index (κ1) is 13.8. The first-order chi connectivity index (χ1) is 9.29.